The van der Waals surface area contributed by atoms with Crippen LogP contribution < -0.4 is 9.47 Å². The molecule has 2 aliphatic heterocycles. The maximum Gasteiger partial charge on any atom is 0.350 e. The maximum absolute atomic E-state index is 12.3. The van der Waals surface area contributed by atoms with E-state index in [2.05, 4.69) is 4.85 Å². The number of esters is 4. The van der Waals surface area contributed by atoms with Crippen molar-refractivity contribution in [2.75, 3.05) is 13.2 Å². The monoisotopic (exact) mass is 564 g/mol. The van der Waals surface area contributed by atoms with Crippen LogP contribution in [0.25, 0.3) is 4.85 Å². The second kappa shape index (κ2) is 11.8. The molecule has 186 valence electrons. The van der Waals surface area contributed by atoms with Crippen molar-refractivity contribution < 1.29 is 38.1 Å². The van der Waals surface area contributed by atoms with Crippen LogP contribution in [0.5, 0.6) is 11.5 Å². The average Bonchev–Trinajstić information content (AvgIpc) is 3.42. The first-order valence-corrected chi connectivity index (χ1v) is 13.4. The van der Waals surface area contributed by atoms with E-state index in [1.807, 2.05) is 6.07 Å². The number of carbonyl (C=O) groups excluding carboxylic acids is 4. The Morgan fingerprint density at radius 1 is 0.806 bits per heavy atom. The Kier molecular flexibility index (Phi) is 9.03. The van der Waals surface area contributed by atoms with E-state index in [0.29, 0.717) is 19.6 Å². The van der Waals surface area contributed by atoms with Gasteiger partial charge in [0, 0.05) is 13.8 Å². The Morgan fingerprint density at radius 3 is 1.58 bits per heavy atom. The third-order valence-corrected chi connectivity index (χ3v) is 9.25. The van der Waals surface area contributed by atoms with Crippen LogP contribution in [-0.2, 0) is 28.7 Å². The Morgan fingerprint density at radius 2 is 1.22 bits per heavy atom. The highest BCUT2D eigenvalue weighted by atomic mass is 32.2. The van der Waals surface area contributed by atoms with Crippen molar-refractivity contribution in [2.24, 2.45) is 0 Å². The summed E-state index contributed by atoms with van der Waals surface area (Å²) in [5, 5.41) is 9.58. The normalized spacial score (nSPS) is 13.1. The molecule has 2 heterocycles. The van der Waals surface area contributed by atoms with E-state index in [1.54, 1.807) is 13.8 Å². The highest BCUT2D eigenvalue weighted by Gasteiger charge is 2.40. The van der Waals surface area contributed by atoms with E-state index in [0.717, 1.165) is 47.0 Å². The van der Waals surface area contributed by atoms with Gasteiger partial charge in [-0.05, 0) is 13.8 Å². The lowest BCUT2D eigenvalue weighted by Gasteiger charge is -2.15. The van der Waals surface area contributed by atoms with Crippen molar-refractivity contribution in [2.45, 2.75) is 47.3 Å². The minimum atomic E-state index is -0.816. The van der Waals surface area contributed by atoms with Gasteiger partial charge < -0.3 is 18.9 Å². The van der Waals surface area contributed by atoms with E-state index in [-0.39, 0.29) is 44.5 Å². The third-order valence-electron chi connectivity index (χ3n) is 4.08. The molecule has 0 aliphatic carbocycles. The van der Waals surface area contributed by atoms with Crippen LogP contribution in [0.3, 0.4) is 0 Å². The van der Waals surface area contributed by atoms with Crippen molar-refractivity contribution in [1.29, 1.82) is 5.26 Å². The summed E-state index contributed by atoms with van der Waals surface area (Å²) in [5.41, 5.74) is -0.509. The molecule has 1 aromatic rings. The number of benzene rings is 1. The summed E-state index contributed by atoms with van der Waals surface area (Å²) in [6.07, 6.45) is 0. The number of hydrogen-bond acceptors (Lipinski definition) is 13. The molecule has 0 saturated heterocycles. The van der Waals surface area contributed by atoms with Gasteiger partial charge in [-0.25, -0.2) is 9.64 Å². The summed E-state index contributed by atoms with van der Waals surface area (Å²) in [5.74, 6) is -2.73. The minimum absolute atomic E-state index is 0.0670. The lowest BCUT2D eigenvalue weighted by molar-refractivity contribution is -0.139. The molecule has 3 rings (SSSR count). The molecule has 0 radical (unpaired) electrons. The van der Waals surface area contributed by atoms with Crippen molar-refractivity contribution in [1.82, 2.24) is 0 Å². The molecule has 0 fully saturated rings. The first-order valence-electron chi connectivity index (χ1n) is 10.1. The van der Waals surface area contributed by atoms with Gasteiger partial charge in [0.05, 0.1) is 47.8 Å². The Hall–Kier alpha value is -3.04. The Bertz CT molecular complexity index is 1190. The first kappa shape index (κ1) is 27.5. The number of carbonyl (C=O) groups is 4. The van der Waals surface area contributed by atoms with E-state index >= 15 is 0 Å². The number of fused-ring (bicyclic) bond motifs is 2. The second-order valence-electron chi connectivity index (χ2n) is 6.53. The molecule has 0 N–H and O–H groups in total. The summed E-state index contributed by atoms with van der Waals surface area (Å²) in [6, 6.07) is 1.84. The van der Waals surface area contributed by atoms with Gasteiger partial charge >= 0.3 is 23.9 Å². The van der Waals surface area contributed by atoms with Crippen molar-refractivity contribution in [3.05, 3.63) is 31.2 Å². The van der Waals surface area contributed by atoms with Crippen molar-refractivity contribution in [3.8, 4) is 17.6 Å². The lowest BCUT2D eigenvalue weighted by Crippen LogP contribution is -2.07. The summed E-state index contributed by atoms with van der Waals surface area (Å²) in [6.45, 7) is 13.2. The molecule has 10 nitrogen and oxygen atoms in total. The highest BCUT2D eigenvalue weighted by Crippen LogP contribution is 2.68. The number of thioether (sulfide) groups is 4. The second-order valence-corrected chi connectivity index (χ2v) is 11.1. The van der Waals surface area contributed by atoms with E-state index in [4.69, 9.17) is 25.5 Å². The largest absolute Gasteiger partial charge is 0.471 e. The topological polar surface area (TPSA) is 133 Å². The van der Waals surface area contributed by atoms with Gasteiger partial charge in [-0.1, -0.05) is 47.0 Å². The molecule has 2 aliphatic rings. The molecule has 0 aromatic heterocycles. The third kappa shape index (κ3) is 5.52. The zero-order valence-electron chi connectivity index (χ0n) is 19.2. The number of nitriles is 1. The van der Waals surface area contributed by atoms with Gasteiger partial charge in [0.15, 0.2) is 17.1 Å². The van der Waals surface area contributed by atoms with Crippen LogP contribution in [0.1, 0.15) is 27.7 Å². The van der Waals surface area contributed by atoms with Crippen molar-refractivity contribution in [3.63, 3.8) is 0 Å². The first-order chi connectivity index (χ1) is 17.2. The zero-order valence-corrected chi connectivity index (χ0v) is 22.5. The van der Waals surface area contributed by atoms with Crippen LogP contribution in [0.2, 0.25) is 0 Å². The van der Waals surface area contributed by atoms with Gasteiger partial charge in [0.25, 0.3) is 5.70 Å². The SMILES string of the molecule is [C-]#[N+]C(C(=O)OCC)=C1Sc2c(OC(C)=O)c3c(c(OC(C)=O)c2S1)SC(=C(C#N)C(=O)OCC)S3. The molecule has 0 saturated carbocycles. The van der Waals surface area contributed by atoms with Gasteiger partial charge in [-0.15, -0.1) is 0 Å². The highest BCUT2D eigenvalue weighted by molar-refractivity contribution is 8.26. The molecule has 0 amide bonds. The van der Waals surface area contributed by atoms with Crippen LogP contribution in [0.4, 0.5) is 0 Å². The molecule has 0 bridgehead atoms. The fourth-order valence-corrected chi connectivity index (χ4v) is 8.13. The van der Waals surface area contributed by atoms with Gasteiger partial charge in [0.2, 0.25) is 0 Å². The number of hydrogen-bond donors (Lipinski definition) is 0. The average molecular weight is 565 g/mol. The molecular formula is C22H16N2O8S4. The predicted octanol–water partition coefficient (Wildman–Crippen LogP) is 4.88. The Labute approximate surface area is 222 Å². The molecule has 0 unspecified atom stereocenters. The van der Waals surface area contributed by atoms with Crippen LogP contribution >= 0.6 is 47.0 Å². The number of ether oxygens (including phenoxy) is 4. The molecular weight excluding hydrogens is 549 g/mol. The standard InChI is InChI=1S/C22H16N2O8S4/c1-6-29-19(27)11(8-23)21-33-15-13(31-9(3)25)17-18(14(16(15)34-21)32-10(4)26)36-22(35-17)12(24-5)20(28)30-7-2/h6-7H2,1-4H3. The lowest BCUT2D eigenvalue weighted by atomic mass is 10.3. The van der Waals surface area contributed by atoms with Crippen molar-refractivity contribution >= 4 is 70.9 Å². The van der Waals surface area contributed by atoms with Crippen LogP contribution in [-0.4, -0.2) is 37.1 Å². The number of rotatable bonds is 6. The molecule has 0 spiro atoms. The summed E-state index contributed by atoms with van der Waals surface area (Å²) in [4.78, 5) is 53.3. The molecule has 0 atom stereocenters. The van der Waals surface area contributed by atoms with E-state index in [1.165, 1.54) is 13.8 Å². The molecule has 1 aromatic carbocycles. The molecule has 36 heavy (non-hydrogen) atoms. The van der Waals surface area contributed by atoms with E-state index < -0.39 is 23.9 Å². The van der Waals surface area contributed by atoms with Crippen LogP contribution in [0, 0.1) is 17.9 Å². The summed E-state index contributed by atoms with van der Waals surface area (Å²) >= 11 is 3.96. The van der Waals surface area contributed by atoms with Gasteiger partial charge in [-0.2, -0.15) is 5.26 Å². The smallest absolute Gasteiger partial charge is 0.350 e. The number of nitrogens with zero attached hydrogens (tertiary/aromatic N) is 2. The van der Waals surface area contributed by atoms with Gasteiger partial charge in [-0.3, -0.25) is 14.4 Å². The van der Waals surface area contributed by atoms with Gasteiger partial charge in [0.1, 0.15) is 6.07 Å². The molecule has 14 heteroatoms. The fourth-order valence-electron chi connectivity index (χ4n) is 2.83. The summed E-state index contributed by atoms with van der Waals surface area (Å²) < 4.78 is 21.5. The predicted molar refractivity (Wildman–Crippen MR) is 132 cm³/mol. The maximum atomic E-state index is 12.3. The summed E-state index contributed by atoms with van der Waals surface area (Å²) in [7, 11) is 0. The quantitative estimate of drug-likeness (QED) is 0.153. The van der Waals surface area contributed by atoms with Crippen LogP contribution in [0.15, 0.2) is 39.3 Å². The van der Waals surface area contributed by atoms with E-state index in [9.17, 15) is 24.4 Å². The zero-order chi connectivity index (χ0) is 26.6. The fraction of sp³-hybridized carbons (Fsp3) is 0.273. The Balaban J connectivity index is 2.26. The minimum Gasteiger partial charge on any atom is -0.471 e.